The molecule has 1 heterocycles. The number of rotatable bonds is 6. The molecule has 0 fully saturated rings. The standard InChI is InChI=1S/C22H19F3N2O3/c1-14-3-6-16(7-4-14)17-8-10-20(26-12-17)22(24,25)21(28,13-27(29)30)18-9-5-15(2)11-19(18)23/h3-12,28H,13H2,1-2H3/t21-/m1/s1. The molecule has 0 amide bonds. The summed E-state index contributed by atoms with van der Waals surface area (Å²) in [5.41, 5.74) is -2.44. The second-order valence-corrected chi connectivity index (χ2v) is 7.21. The molecular weight excluding hydrogens is 397 g/mol. The third kappa shape index (κ3) is 3.91. The average molecular weight is 416 g/mol. The maximum atomic E-state index is 15.3. The minimum Gasteiger partial charge on any atom is -0.373 e. The Morgan fingerprint density at radius 2 is 1.60 bits per heavy atom. The van der Waals surface area contributed by atoms with Crippen LogP contribution in [0.1, 0.15) is 22.4 Å². The van der Waals surface area contributed by atoms with E-state index in [2.05, 4.69) is 4.98 Å². The van der Waals surface area contributed by atoms with Gasteiger partial charge < -0.3 is 5.11 Å². The van der Waals surface area contributed by atoms with Gasteiger partial charge in [-0.1, -0.05) is 48.0 Å². The maximum absolute atomic E-state index is 15.3. The van der Waals surface area contributed by atoms with E-state index in [9.17, 15) is 19.6 Å². The second kappa shape index (κ2) is 7.87. The molecule has 5 nitrogen and oxygen atoms in total. The van der Waals surface area contributed by atoms with Gasteiger partial charge in [-0.2, -0.15) is 8.78 Å². The van der Waals surface area contributed by atoms with Crippen LogP contribution in [0.2, 0.25) is 0 Å². The molecule has 0 spiro atoms. The van der Waals surface area contributed by atoms with Crippen LogP contribution in [-0.4, -0.2) is 21.6 Å². The Hall–Kier alpha value is -3.26. The van der Waals surface area contributed by atoms with E-state index in [-0.39, 0.29) is 0 Å². The summed E-state index contributed by atoms with van der Waals surface area (Å²) in [7, 11) is 0. The first-order chi connectivity index (χ1) is 14.0. The molecule has 0 aliphatic carbocycles. The fourth-order valence-electron chi connectivity index (χ4n) is 3.20. The lowest BCUT2D eigenvalue weighted by atomic mass is 9.84. The molecule has 0 bridgehead atoms. The van der Waals surface area contributed by atoms with Crippen LogP contribution in [0.4, 0.5) is 13.2 Å². The van der Waals surface area contributed by atoms with Crippen LogP contribution in [-0.2, 0) is 11.5 Å². The van der Waals surface area contributed by atoms with E-state index in [1.807, 2.05) is 19.1 Å². The van der Waals surface area contributed by atoms with Gasteiger partial charge >= 0.3 is 5.92 Å². The highest BCUT2D eigenvalue weighted by Gasteiger charge is 2.60. The molecule has 1 atom stereocenters. The minimum absolute atomic E-state index is 0.420. The number of aryl methyl sites for hydroxylation is 2. The van der Waals surface area contributed by atoms with Gasteiger partial charge in [0, 0.05) is 22.2 Å². The summed E-state index contributed by atoms with van der Waals surface area (Å²) in [6.07, 6.45) is 1.19. The summed E-state index contributed by atoms with van der Waals surface area (Å²) in [6.45, 7) is 1.84. The Balaban J connectivity index is 2.06. The number of alkyl halides is 2. The lowest BCUT2D eigenvalue weighted by Crippen LogP contribution is -2.49. The molecule has 0 saturated heterocycles. The average Bonchev–Trinajstić information content (AvgIpc) is 2.68. The van der Waals surface area contributed by atoms with Gasteiger partial charge in [0.05, 0.1) is 0 Å². The number of hydrogen-bond donors (Lipinski definition) is 1. The zero-order chi connectivity index (χ0) is 22.1. The van der Waals surface area contributed by atoms with Crippen LogP contribution in [0, 0.1) is 29.8 Å². The highest BCUT2D eigenvalue weighted by molar-refractivity contribution is 5.62. The van der Waals surface area contributed by atoms with Gasteiger partial charge in [0.1, 0.15) is 11.5 Å². The molecule has 2 aromatic carbocycles. The summed E-state index contributed by atoms with van der Waals surface area (Å²) in [5, 5.41) is 21.8. The first-order valence-corrected chi connectivity index (χ1v) is 9.07. The van der Waals surface area contributed by atoms with Gasteiger partial charge in [-0.05, 0) is 37.1 Å². The van der Waals surface area contributed by atoms with Crippen LogP contribution in [0.3, 0.4) is 0 Å². The smallest absolute Gasteiger partial charge is 0.328 e. The second-order valence-electron chi connectivity index (χ2n) is 7.21. The predicted octanol–water partition coefficient (Wildman–Crippen LogP) is 4.76. The van der Waals surface area contributed by atoms with Crippen LogP contribution in [0.15, 0.2) is 60.8 Å². The normalized spacial score (nSPS) is 13.7. The highest BCUT2D eigenvalue weighted by Crippen LogP contribution is 2.46. The van der Waals surface area contributed by atoms with E-state index in [1.165, 1.54) is 25.3 Å². The van der Waals surface area contributed by atoms with E-state index in [0.717, 1.165) is 29.3 Å². The number of nitro groups is 1. The topological polar surface area (TPSA) is 76.3 Å². The molecule has 1 aromatic heterocycles. The van der Waals surface area contributed by atoms with E-state index in [0.29, 0.717) is 11.1 Å². The summed E-state index contributed by atoms with van der Waals surface area (Å²) in [6, 6.07) is 12.8. The fourth-order valence-corrected chi connectivity index (χ4v) is 3.20. The Kier molecular flexibility index (Phi) is 5.63. The van der Waals surface area contributed by atoms with Crippen LogP contribution in [0.25, 0.3) is 11.1 Å². The SMILES string of the molecule is Cc1ccc(-c2ccc(C(F)(F)[C@@](O)(C[N+](=O)[O-])c3ccc(C)cc3F)nc2)cc1. The Labute approximate surface area is 171 Å². The van der Waals surface area contributed by atoms with Gasteiger partial charge in [-0.25, -0.2) is 4.39 Å². The molecular formula is C22H19F3N2O3. The van der Waals surface area contributed by atoms with Crippen LogP contribution in [0.5, 0.6) is 0 Å². The largest absolute Gasteiger partial charge is 0.373 e. The van der Waals surface area contributed by atoms with E-state index in [4.69, 9.17) is 0 Å². The summed E-state index contributed by atoms with van der Waals surface area (Å²) in [5.74, 6) is -5.39. The number of nitrogens with zero attached hydrogens (tertiary/aromatic N) is 2. The molecule has 1 N–H and O–H groups in total. The molecule has 0 saturated carbocycles. The van der Waals surface area contributed by atoms with Crippen molar-refractivity contribution in [3.63, 3.8) is 0 Å². The van der Waals surface area contributed by atoms with Gasteiger partial charge in [0.25, 0.3) is 0 Å². The zero-order valence-corrected chi connectivity index (χ0v) is 16.3. The molecule has 0 aliphatic heterocycles. The van der Waals surface area contributed by atoms with Gasteiger partial charge in [0.2, 0.25) is 12.1 Å². The highest BCUT2D eigenvalue weighted by atomic mass is 19.3. The molecule has 3 aromatic rings. The van der Waals surface area contributed by atoms with Gasteiger partial charge in [-0.3, -0.25) is 15.1 Å². The quantitative estimate of drug-likeness (QED) is 0.464. The molecule has 30 heavy (non-hydrogen) atoms. The number of pyridine rings is 1. The summed E-state index contributed by atoms with van der Waals surface area (Å²) < 4.78 is 45.1. The van der Waals surface area contributed by atoms with Gasteiger partial charge in [-0.15, -0.1) is 0 Å². The van der Waals surface area contributed by atoms with Crippen molar-refractivity contribution < 1.29 is 23.2 Å². The van der Waals surface area contributed by atoms with Crippen molar-refractivity contribution in [1.29, 1.82) is 0 Å². The molecule has 0 unspecified atom stereocenters. The number of aliphatic hydroxyl groups is 1. The monoisotopic (exact) mass is 416 g/mol. The number of hydrogen-bond acceptors (Lipinski definition) is 4. The van der Waals surface area contributed by atoms with Crippen LogP contribution < -0.4 is 0 Å². The third-order valence-electron chi connectivity index (χ3n) is 4.92. The zero-order valence-electron chi connectivity index (χ0n) is 16.3. The predicted molar refractivity (Wildman–Crippen MR) is 105 cm³/mol. The van der Waals surface area contributed by atoms with Crippen molar-refractivity contribution in [2.75, 3.05) is 6.54 Å². The molecule has 0 radical (unpaired) electrons. The number of halogens is 3. The van der Waals surface area contributed by atoms with Crippen LogP contribution >= 0.6 is 0 Å². The van der Waals surface area contributed by atoms with Crippen molar-refractivity contribution in [2.45, 2.75) is 25.4 Å². The van der Waals surface area contributed by atoms with Crippen molar-refractivity contribution in [2.24, 2.45) is 0 Å². The van der Waals surface area contributed by atoms with E-state index >= 15 is 8.78 Å². The molecule has 8 heteroatoms. The van der Waals surface area contributed by atoms with Crippen molar-refractivity contribution in [3.8, 4) is 11.1 Å². The van der Waals surface area contributed by atoms with Crippen molar-refractivity contribution in [3.05, 3.63) is 99.1 Å². The Bertz CT molecular complexity index is 1070. The fraction of sp³-hybridized carbons (Fsp3) is 0.227. The van der Waals surface area contributed by atoms with Crippen molar-refractivity contribution in [1.82, 2.24) is 4.98 Å². The molecule has 3 rings (SSSR count). The number of benzene rings is 2. The number of aromatic nitrogens is 1. The Morgan fingerprint density at radius 3 is 2.13 bits per heavy atom. The van der Waals surface area contributed by atoms with E-state index < -0.39 is 40.1 Å². The molecule has 156 valence electrons. The maximum Gasteiger partial charge on any atom is 0.328 e. The first-order valence-electron chi connectivity index (χ1n) is 9.07. The van der Waals surface area contributed by atoms with Gasteiger partial charge in [0.15, 0.2) is 0 Å². The lowest BCUT2D eigenvalue weighted by molar-refractivity contribution is -0.514. The third-order valence-corrected chi connectivity index (χ3v) is 4.92. The molecule has 0 aliphatic rings. The summed E-state index contributed by atoms with van der Waals surface area (Å²) in [4.78, 5) is 13.7. The lowest BCUT2D eigenvalue weighted by Gasteiger charge is -2.33. The first kappa shape index (κ1) is 21.4. The minimum atomic E-state index is -4.23. The Morgan fingerprint density at radius 1 is 1.00 bits per heavy atom. The summed E-state index contributed by atoms with van der Waals surface area (Å²) >= 11 is 0. The van der Waals surface area contributed by atoms with Crippen molar-refractivity contribution >= 4 is 0 Å². The van der Waals surface area contributed by atoms with E-state index in [1.54, 1.807) is 12.1 Å².